The average Bonchev–Trinajstić information content (AvgIpc) is 3.20. The molecule has 4 aliphatic carbocycles. The number of hydrogen-bond acceptors (Lipinski definition) is 6. The van der Waals surface area contributed by atoms with Crippen molar-refractivity contribution in [2.24, 2.45) is 28.6 Å². The molecule has 0 bridgehead atoms. The second kappa shape index (κ2) is 5.63. The van der Waals surface area contributed by atoms with E-state index in [9.17, 15) is 14.4 Å². The van der Waals surface area contributed by atoms with Crippen LogP contribution in [0.15, 0.2) is 11.6 Å². The molecule has 0 N–H and O–H groups in total. The van der Waals surface area contributed by atoms with E-state index < -0.39 is 11.2 Å². The summed E-state index contributed by atoms with van der Waals surface area (Å²) in [6.45, 7) is 4.72. The van der Waals surface area contributed by atoms with Crippen LogP contribution in [0.25, 0.3) is 0 Å². The highest BCUT2D eigenvalue weighted by atomic mass is 16.6. The Balaban J connectivity index is 1.49. The van der Waals surface area contributed by atoms with E-state index >= 15 is 0 Å². The highest BCUT2D eigenvalue weighted by Gasteiger charge is 2.83. The van der Waals surface area contributed by atoms with Gasteiger partial charge in [0.1, 0.15) is 12.2 Å². The summed E-state index contributed by atoms with van der Waals surface area (Å²) in [6.07, 6.45) is 6.84. The van der Waals surface area contributed by atoms with Crippen molar-refractivity contribution in [1.29, 1.82) is 0 Å². The number of rotatable bonds is 1. The number of carbonyl (C=O) groups is 3. The van der Waals surface area contributed by atoms with Crippen molar-refractivity contribution in [2.45, 2.75) is 76.1 Å². The molecule has 0 amide bonds. The molecule has 6 rings (SSSR count). The fraction of sp³-hybridized carbons (Fsp3) is 0.792. The van der Waals surface area contributed by atoms with Gasteiger partial charge in [-0.15, -0.1) is 0 Å². The van der Waals surface area contributed by atoms with Gasteiger partial charge in [-0.3, -0.25) is 14.4 Å². The van der Waals surface area contributed by atoms with E-state index in [1.807, 2.05) is 0 Å². The van der Waals surface area contributed by atoms with Gasteiger partial charge < -0.3 is 14.2 Å². The Morgan fingerprint density at radius 1 is 1.23 bits per heavy atom. The van der Waals surface area contributed by atoms with Crippen LogP contribution in [0.3, 0.4) is 0 Å². The molecule has 0 radical (unpaired) electrons. The van der Waals surface area contributed by atoms with Gasteiger partial charge in [0.05, 0.1) is 24.7 Å². The average molecular weight is 414 g/mol. The highest BCUT2D eigenvalue weighted by molar-refractivity contribution is 5.92. The van der Waals surface area contributed by atoms with Crippen LogP contribution in [0.5, 0.6) is 0 Å². The molecular weight excluding hydrogens is 384 g/mol. The maximum Gasteiger partial charge on any atom is 0.309 e. The molecule has 0 aromatic rings. The Kier molecular flexibility index (Phi) is 3.60. The molecule has 8 atom stereocenters. The van der Waals surface area contributed by atoms with E-state index in [1.165, 1.54) is 7.11 Å². The summed E-state index contributed by atoms with van der Waals surface area (Å²) < 4.78 is 18.1. The first-order valence-electron chi connectivity index (χ1n) is 11.4. The quantitative estimate of drug-likeness (QED) is 0.485. The summed E-state index contributed by atoms with van der Waals surface area (Å²) in [6, 6.07) is 0. The molecule has 2 heterocycles. The molecule has 0 aromatic carbocycles. The first-order chi connectivity index (χ1) is 14.2. The molecule has 5 fully saturated rings. The Morgan fingerprint density at radius 2 is 2.03 bits per heavy atom. The maximum atomic E-state index is 13.0. The van der Waals surface area contributed by atoms with Crippen LogP contribution in [-0.4, -0.2) is 48.6 Å². The van der Waals surface area contributed by atoms with E-state index in [0.717, 1.165) is 31.3 Å². The van der Waals surface area contributed by atoms with Gasteiger partial charge in [-0.05, 0) is 44.1 Å². The molecule has 2 spiro atoms. The van der Waals surface area contributed by atoms with Crippen LogP contribution in [0.1, 0.15) is 58.8 Å². The lowest BCUT2D eigenvalue weighted by molar-refractivity contribution is -0.163. The summed E-state index contributed by atoms with van der Waals surface area (Å²) in [5, 5.41) is 0. The molecule has 0 aromatic heterocycles. The minimum atomic E-state index is -0.424. The van der Waals surface area contributed by atoms with E-state index in [-0.39, 0.29) is 58.8 Å². The Hall–Kier alpha value is -1.53. The van der Waals surface area contributed by atoms with Gasteiger partial charge in [-0.25, -0.2) is 0 Å². The first kappa shape index (κ1) is 19.2. The zero-order valence-corrected chi connectivity index (χ0v) is 18.0. The van der Waals surface area contributed by atoms with Gasteiger partial charge in [0.25, 0.3) is 0 Å². The minimum Gasteiger partial charge on any atom is -0.469 e. The standard InChI is InChI=1S/C24H30O6/c1-21-6-4-14(25)8-13(21)9-16(20(27)28-3)19-17-5-7-23(10-15(26)12-29-23)22(17,2)11-18-24(19,21)30-18/h8,16-19H,4-7,9-12H2,1-3H3/t16-,17+,18-,19+,21+,22+,23-,24-/m1/s1. The van der Waals surface area contributed by atoms with Crippen molar-refractivity contribution in [1.82, 2.24) is 0 Å². The van der Waals surface area contributed by atoms with Crippen molar-refractivity contribution in [3.63, 3.8) is 0 Å². The van der Waals surface area contributed by atoms with Gasteiger partial charge in [0.2, 0.25) is 0 Å². The van der Waals surface area contributed by atoms with E-state index in [1.54, 1.807) is 6.08 Å². The number of carbonyl (C=O) groups excluding carboxylic acids is 3. The van der Waals surface area contributed by atoms with Crippen LogP contribution in [0.4, 0.5) is 0 Å². The number of hydrogen-bond donors (Lipinski definition) is 0. The fourth-order valence-electron chi connectivity index (χ4n) is 8.65. The van der Waals surface area contributed by atoms with Crippen molar-refractivity contribution in [3.8, 4) is 0 Å². The molecule has 6 aliphatic rings. The first-order valence-corrected chi connectivity index (χ1v) is 11.4. The summed E-state index contributed by atoms with van der Waals surface area (Å²) in [5.74, 6) is 0.0772. The van der Waals surface area contributed by atoms with Gasteiger partial charge in [-0.1, -0.05) is 19.4 Å². The zero-order chi connectivity index (χ0) is 21.1. The summed E-state index contributed by atoms with van der Waals surface area (Å²) in [4.78, 5) is 37.5. The van der Waals surface area contributed by atoms with Crippen molar-refractivity contribution in [3.05, 3.63) is 11.6 Å². The van der Waals surface area contributed by atoms with Gasteiger partial charge in [0, 0.05) is 29.6 Å². The third-order valence-electron chi connectivity index (χ3n) is 10.2. The minimum absolute atomic E-state index is 0.0303. The number of Topliss-reactive ketones (excluding diaryl/α,β-unsaturated/α-hetero) is 1. The Bertz CT molecular complexity index is 907. The lowest BCUT2D eigenvalue weighted by atomic mass is 9.43. The zero-order valence-electron chi connectivity index (χ0n) is 18.0. The second-order valence-electron chi connectivity index (χ2n) is 11.0. The summed E-state index contributed by atoms with van der Waals surface area (Å²) >= 11 is 0. The molecule has 2 saturated heterocycles. The fourth-order valence-corrected chi connectivity index (χ4v) is 8.65. The third kappa shape index (κ3) is 1.97. The molecule has 6 heteroatoms. The van der Waals surface area contributed by atoms with Crippen LogP contribution < -0.4 is 0 Å². The van der Waals surface area contributed by atoms with Gasteiger partial charge in [0.15, 0.2) is 11.6 Å². The van der Waals surface area contributed by atoms with Crippen LogP contribution >= 0.6 is 0 Å². The normalized spacial score (nSPS) is 53.5. The van der Waals surface area contributed by atoms with Crippen molar-refractivity contribution < 1.29 is 28.6 Å². The summed E-state index contributed by atoms with van der Waals surface area (Å²) in [5.41, 5.74) is -0.175. The van der Waals surface area contributed by atoms with E-state index in [4.69, 9.17) is 14.2 Å². The topological polar surface area (TPSA) is 82.2 Å². The van der Waals surface area contributed by atoms with Crippen molar-refractivity contribution in [2.75, 3.05) is 13.7 Å². The number of methoxy groups -OCH3 is 1. The molecule has 30 heavy (non-hydrogen) atoms. The molecule has 6 nitrogen and oxygen atoms in total. The predicted molar refractivity (Wildman–Crippen MR) is 105 cm³/mol. The lowest BCUT2D eigenvalue weighted by Gasteiger charge is -2.58. The lowest BCUT2D eigenvalue weighted by Crippen LogP contribution is -2.63. The molecular formula is C24H30O6. The molecule has 162 valence electrons. The Morgan fingerprint density at radius 3 is 2.73 bits per heavy atom. The van der Waals surface area contributed by atoms with Crippen molar-refractivity contribution >= 4 is 17.5 Å². The second-order valence-corrected chi connectivity index (χ2v) is 11.0. The molecule has 2 aliphatic heterocycles. The summed E-state index contributed by atoms with van der Waals surface area (Å²) in [7, 11) is 1.45. The van der Waals surface area contributed by atoms with Crippen LogP contribution in [0.2, 0.25) is 0 Å². The Labute approximate surface area is 176 Å². The monoisotopic (exact) mass is 414 g/mol. The molecule has 3 saturated carbocycles. The number of esters is 1. The number of ether oxygens (including phenoxy) is 3. The van der Waals surface area contributed by atoms with Gasteiger partial charge >= 0.3 is 5.97 Å². The SMILES string of the molecule is COC(=O)[C@@H]1CC2=CC(=O)CC[C@]2(C)[C@@]23O[C@@H]2C[C@@]2(C)[C@@H](CC[C@@]24CC(=O)CO4)[C@H]13. The van der Waals surface area contributed by atoms with E-state index in [0.29, 0.717) is 19.3 Å². The smallest absolute Gasteiger partial charge is 0.309 e. The number of epoxide rings is 1. The van der Waals surface area contributed by atoms with E-state index in [2.05, 4.69) is 13.8 Å². The number of fused-ring (bicyclic) bond motifs is 4. The number of ketones is 2. The highest BCUT2D eigenvalue weighted by Crippen LogP contribution is 2.78. The van der Waals surface area contributed by atoms with Crippen LogP contribution in [0, 0.1) is 28.6 Å². The maximum absolute atomic E-state index is 13.0. The third-order valence-corrected chi connectivity index (χ3v) is 10.2. The predicted octanol–water partition coefficient (Wildman–Crippen LogP) is 2.78. The van der Waals surface area contributed by atoms with Crippen LogP contribution in [-0.2, 0) is 28.6 Å². The largest absolute Gasteiger partial charge is 0.469 e. The molecule has 0 unspecified atom stereocenters. The van der Waals surface area contributed by atoms with Gasteiger partial charge in [-0.2, -0.15) is 0 Å².